The van der Waals surface area contributed by atoms with Gasteiger partial charge >= 0.3 is 0 Å². The summed E-state index contributed by atoms with van der Waals surface area (Å²) in [5.41, 5.74) is 12.3. The molecule has 0 radical (unpaired) electrons. The number of hydrogen-bond acceptors (Lipinski definition) is 4. The number of para-hydroxylation sites is 1. The number of halogens is 1. The van der Waals surface area contributed by atoms with Crippen LogP contribution in [0, 0.1) is 5.41 Å². The van der Waals surface area contributed by atoms with E-state index < -0.39 is 5.91 Å². The summed E-state index contributed by atoms with van der Waals surface area (Å²) in [7, 11) is 0. The maximum Gasteiger partial charge on any atom is 0.252 e. The molecule has 3 rings (SSSR count). The molecule has 29 heavy (non-hydrogen) atoms. The highest BCUT2D eigenvalue weighted by Crippen LogP contribution is 2.38. The number of nitrogens with one attached hydrogen (secondary N) is 1. The second kappa shape index (κ2) is 10.3. The van der Waals surface area contributed by atoms with Crippen molar-refractivity contribution in [1.82, 2.24) is 0 Å². The van der Waals surface area contributed by atoms with Crippen LogP contribution in [0.25, 0.3) is 0 Å². The number of ether oxygens (including phenoxy) is 1. The van der Waals surface area contributed by atoms with Gasteiger partial charge in [-0.3, -0.25) is 9.59 Å². The van der Waals surface area contributed by atoms with Gasteiger partial charge in [-0.25, -0.2) is 0 Å². The minimum absolute atomic E-state index is 0. The average molecular weight is 418 g/mol. The lowest BCUT2D eigenvalue weighted by atomic mass is 9.71. The Hall–Kier alpha value is -2.57. The number of primary amides is 1. The molecule has 7 heteroatoms. The summed E-state index contributed by atoms with van der Waals surface area (Å²) in [6.45, 7) is 0.548. The number of hydrogen-bond donors (Lipinski definition) is 3. The van der Waals surface area contributed by atoms with Gasteiger partial charge in [-0.1, -0.05) is 31.4 Å². The van der Waals surface area contributed by atoms with E-state index >= 15 is 0 Å². The van der Waals surface area contributed by atoms with Crippen LogP contribution in [-0.4, -0.2) is 18.4 Å². The molecule has 0 heterocycles. The van der Waals surface area contributed by atoms with Crippen molar-refractivity contribution in [2.75, 3.05) is 11.9 Å². The molecule has 1 aliphatic rings. The van der Waals surface area contributed by atoms with Crippen molar-refractivity contribution in [3.05, 3.63) is 54.1 Å². The first kappa shape index (κ1) is 22.7. The van der Waals surface area contributed by atoms with Gasteiger partial charge in [0, 0.05) is 12.1 Å². The molecule has 1 saturated carbocycles. The van der Waals surface area contributed by atoms with Crippen molar-refractivity contribution in [2.45, 2.75) is 38.5 Å². The Balaban J connectivity index is 0.00000300. The number of benzene rings is 2. The smallest absolute Gasteiger partial charge is 0.252 e. The Morgan fingerprint density at radius 3 is 2.28 bits per heavy atom. The van der Waals surface area contributed by atoms with Crippen molar-refractivity contribution in [2.24, 2.45) is 16.9 Å². The number of carbonyl (C=O) groups excluding carboxylic acids is 2. The third kappa shape index (κ3) is 5.95. The third-order valence-corrected chi connectivity index (χ3v) is 5.40. The van der Waals surface area contributed by atoms with Crippen LogP contribution in [0.2, 0.25) is 0 Å². The molecule has 2 aromatic rings. The number of amides is 2. The second-order valence-electron chi connectivity index (χ2n) is 7.48. The number of anilines is 1. The molecule has 6 nitrogen and oxygen atoms in total. The van der Waals surface area contributed by atoms with E-state index in [0.717, 1.165) is 25.7 Å². The standard InChI is InChI=1S/C22H27N3O3.ClH/c23-15-22(12-4-1-5-13-22)14-20(26)25-16-8-10-17(11-9-16)28-19-7-3-2-6-18(19)21(24)27;/h2-3,6-11H,1,4-5,12-15,23H2,(H2,24,27)(H,25,26);1H. The van der Waals surface area contributed by atoms with E-state index in [1.807, 2.05) is 0 Å². The summed E-state index contributed by atoms with van der Waals surface area (Å²) >= 11 is 0. The molecule has 5 N–H and O–H groups in total. The van der Waals surface area contributed by atoms with Crippen LogP contribution in [-0.2, 0) is 4.79 Å². The zero-order chi connectivity index (χ0) is 20.0. The van der Waals surface area contributed by atoms with Gasteiger partial charge in [0.1, 0.15) is 11.5 Å². The van der Waals surface area contributed by atoms with Crippen molar-refractivity contribution < 1.29 is 14.3 Å². The highest BCUT2D eigenvalue weighted by atomic mass is 35.5. The van der Waals surface area contributed by atoms with Crippen molar-refractivity contribution in [3.63, 3.8) is 0 Å². The lowest BCUT2D eigenvalue weighted by Crippen LogP contribution is -2.36. The van der Waals surface area contributed by atoms with Crippen molar-refractivity contribution >= 4 is 29.9 Å². The van der Waals surface area contributed by atoms with E-state index in [-0.39, 0.29) is 23.7 Å². The maximum absolute atomic E-state index is 12.5. The molecule has 1 fully saturated rings. The minimum Gasteiger partial charge on any atom is -0.457 e. The SMILES string of the molecule is Cl.NCC1(CC(=O)Nc2ccc(Oc3ccccc3C(N)=O)cc2)CCCCC1. The van der Waals surface area contributed by atoms with E-state index in [0.29, 0.717) is 35.7 Å². The van der Waals surface area contributed by atoms with Crippen LogP contribution in [0.5, 0.6) is 11.5 Å². The van der Waals surface area contributed by atoms with Crippen LogP contribution < -0.4 is 21.5 Å². The normalized spacial score (nSPS) is 15.1. The van der Waals surface area contributed by atoms with E-state index in [1.165, 1.54) is 6.42 Å². The van der Waals surface area contributed by atoms with E-state index in [1.54, 1.807) is 48.5 Å². The molecule has 2 aromatic carbocycles. The van der Waals surface area contributed by atoms with E-state index in [9.17, 15) is 9.59 Å². The summed E-state index contributed by atoms with van der Waals surface area (Å²) < 4.78 is 5.76. The van der Waals surface area contributed by atoms with Crippen LogP contribution in [0.3, 0.4) is 0 Å². The molecule has 0 spiro atoms. The van der Waals surface area contributed by atoms with E-state index in [2.05, 4.69) is 5.32 Å². The fourth-order valence-electron chi connectivity index (χ4n) is 3.79. The summed E-state index contributed by atoms with van der Waals surface area (Å²) in [5, 5.41) is 2.94. The fourth-order valence-corrected chi connectivity index (χ4v) is 3.79. The van der Waals surface area contributed by atoms with Gasteiger partial charge in [0.25, 0.3) is 5.91 Å². The topological polar surface area (TPSA) is 107 Å². The molecule has 1 aliphatic carbocycles. The molecule has 0 aliphatic heterocycles. The average Bonchev–Trinajstić information content (AvgIpc) is 2.70. The van der Waals surface area contributed by atoms with Gasteiger partial charge < -0.3 is 21.5 Å². The minimum atomic E-state index is -0.545. The first-order valence-electron chi connectivity index (χ1n) is 9.68. The molecule has 0 saturated heterocycles. The van der Waals surface area contributed by atoms with Crippen LogP contribution in [0.15, 0.2) is 48.5 Å². The first-order chi connectivity index (χ1) is 13.5. The van der Waals surface area contributed by atoms with E-state index in [4.69, 9.17) is 16.2 Å². The predicted octanol–water partition coefficient (Wildman–Crippen LogP) is 4.24. The van der Waals surface area contributed by atoms with Gasteiger partial charge in [0.2, 0.25) is 5.91 Å². The molecular formula is C22H28ClN3O3. The summed E-state index contributed by atoms with van der Waals surface area (Å²) in [6.07, 6.45) is 6.00. The van der Waals surface area contributed by atoms with Gasteiger partial charge in [-0.05, 0) is 61.2 Å². The van der Waals surface area contributed by atoms with Gasteiger partial charge in [-0.15, -0.1) is 12.4 Å². The van der Waals surface area contributed by atoms with Crippen LogP contribution in [0.1, 0.15) is 48.9 Å². The molecule has 0 bridgehead atoms. The highest BCUT2D eigenvalue weighted by molar-refractivity contribution is 5.95. The van der Waals surface area contributed by atoms with Crippen molar-refractivity contribution in [3.8, 4) is 11.5 Å². The lowest BCUT2D eigenvalue weighted by molar-refractivity contribution is -0.118. The number of nitrogens with two attached hydrogens (primary N) is 2. The molecule has 0 atom stereocenters. The Bertz CT molecular complexity index is 833. The third-order valence-electron chi connectivity index (χ3n) is 5.40. The number of rotatable bonds is 7. The van der Waals surface area contributed by atoms with Gasteiger partial charge in [0.15, 0.2) is 0 Å². The molecule has 156 valence electrons. The zero-order valence-corrected chi connectivity index (χ0v) is 17.2. The summed E-state index contributed by atoms with van der Waals surface area (Å²) in [4.78, 5) is 24.0. The Kier molecular flexibility index (Phi) is 8.05. The quantitative estimate of drug-likeness (QED) is 0.626. The largest absolute Gasteiger partial charge is 0.457 e. The van der Waals surface area contributed by atoms with Gasteiger partial charge in [0.05, 0.1) is 5.56 Å². The fraction of sp³-hybridized carbons (Fsp3) is 0.364. The highest BCUT2D eigenvalue weighted by Gasteiger charge is 2.32. The van der Waals surface area contributed by atoms with Crippen LogP contribution >= 0.6 is 12.4 Å². The molecular weight excluding hydrogens is 390 g/mol. The Labute approximate surface area is 177 Å². The number of carbonyl (C=O) groups is 2. The predicted molar refractivity (Wildman–Crippen MR) is 117 cm³/mol. The van der Waals surface area contributed by atoms with Crippen LogP contribution in [0.4, 0.5) is 5.69 Å². The second-order valence-corrected chi connectivity index (χ2v) is 7.48. The monoisotopic (exact) mass is 417 g/mol. The Morgan fingerprint density at radius 1 is 1.00 bits per heavy atom. The molecule has 0 aromatic heterocycles. The first-order valence-corrected chi connectivity index (χ1v) is 9.68. The summed E-state index contributed by atoms with van der Waals surface area (Å²) in [6, 6.07) is 13.8. The Morgan fingerprint density at radius 2 is 1.66 bits per heavy atom. The summed E-state index contributed by atoms with van der Waals surface area (Å²) in [5.74, 6) is 0.391. The molecule has 2 amide bonds. The van der Waals surface area contributed by atoms with Crippen molar-refractivity contribution in [1.29, 1.82) is 0 Å². The lowest BCUT2D eigenvalue weighted by Gasteiger charge is -2.35. The van der Waals surface area contributed by atoms with Gasteiger partial charge in [-0.2, -0.15) is 0 Å². The zero-order valence-electron chi connectivity index (χ0n) is 16.4. The molecule has 0 unspecified atom stereocenters. The maximum atomic E-state index is 12.5.